The van der Waals surface area contributed by atoms with Gasteiger partial charge in [-0.25, -0.2) is 0 Å². The molecule has 7 nitrogen and oxygen atoms in total. The molecule has 4 aromatic rings. The molecule has 7 heteroatoms. The summed E-state index contributed by atoms with van der Waals surface area (Å²) in [5, 5.41) is 0. The van der Waals surface area contributed by atoms with E-state index >= 15 is 0 Å². The summed E-state index contributed by atoms with van der Waals surface area (Å²) in [5.74, 6) is 3.18. The molecule has 4 aromatic carbocycles. The van der Waals surface area contributed by atoms with E-state index in [0.717, 1.165) is 34.1 Å². The predicted octanol–water partition coefficient (Wildman–Crippen LogP) is 6.35. The van der Waals surface area contributed by atoms with Gasteiger partial charge in [-0.1, -0.05) is 60.7 Å². The van der Waals surface area contributed by atoms with Crippen molar-refractivity contribution in [1.82, 2.24) is 0 Å². The van der Waals surface area contributed by atoms with Crippen LogP contribution >= 0.6 is 0 Å². The van der Waals surface area contributed by atoms with Crippen LogP contribution in [-0.2, 0) is 27.4 Å². The average molecular weight is 559 g/mol. The zero-order valence-corrected chi connectivity index (χ0v) is 23.3. The molecule has 0 saturated carbocycles. The molecule has 41 heavy (non-hydrogen) atoms. The minimum absolute atomic E-state index is 0.469. The van der Waals surface area contributed by atoms with Crippen molar-refractivity contribution in [3.8, 4) is 23.0 Å². The van der Waals surface area contributed by atoms with Gasteiger partial charge in [0.05, 0.1) is 39.6 Å². The molecule has 0 bridgehead atoms. The van der Waals surface area contributed by atoms with Gasteiger partial charge in [-0.3, -0.25) is 0 Å². The Morgan fingerprint density at radius 3 is 0.927 bits per heavy atom. The first-order chi connectivity index (χ1) is 20.3. The van der Waals surface area contributed by atoms with E-state index in [1.165, 1.54) is 0 Å². The SMILES string of the molecule is c1ccc(COc2ccc(OCCOCCOCCOCCOc3ccc(OCc4ccccc4)cc3)cc2)cc1. The summed E-state index contributed by atoms with van der Waals surface area (Å²) in [7, 11) is 0. The molecule has 0 aliphatic rings. The fourth-order valence-electron chi connectivity index (χ4n) is 3.72. The molecule has 0 unspecified atom stereocenters. The standard InChI is InChI=1S/C34H38O7/c1-3-7-29(8-4-1)27-40-33-15-11-31(12-16-33)38-25-23-36-21-19-35-20-22-37-24-26-39-32-13-17-34(18-14-32)41-28-30-9-5-2-6-10-30/h1-18H,19-28H2. The first-order valence-corrected chi connectivity index (χ1v) is 13.9. The first-order valence-electron chi connectivity index (χ1n) is 13.9. The number of hydrogen-bond donors (Lipinski definition) is 0. The third kappa shape index (κ3) is 12.3. The molecule has 0 radical (unpaired) electrons. The van der Waals surface area contributed by atoms with E-state index in [1.807, 2.05) is 109 Å². The number of ether oxygens (including phenoxy) is 7. The van der Waals surface area contributed by atoms with Crippen molar-refractivity contribution >= 4 is 0 Å². The summed E-state index contributed by atoms with van der Waals surface area (Å²) in [6.07, 6.45) is 0. The van der Waals surface area contributed by atoms with E-state index in [0.29, 0.717) is 66.1 Å². The van der Waals surface area contributed by atoms with Crippen molar-refractivity contribution in [2.24, 2.45) is 0 Å². The number of benzene rings is 4. The van der Waals surface area contributed by atoms with Gasteiger partial charge in [-0.2, -0.15) is 0 Å². The van der Waals surface area contributed by atoms with Crippen LogP contribution in [-0.4, -0.2) is 52.9 Å². The molecule has 0 spiro atoms. The first kappa shape index (κ1) is 29.9. The van der Waals surface area contributed by atoms with E-state index in [4.69, 9.17) is 33.2 Å². The van der Waals surface area contributed by atoms with Crippen LogP contribution in [0.3, 0.4) is 0 Å². The average Bonchev–Trinajstić information content (AvgIpc) is 3.03. The van der Waals surface area contributed by atoms with Crippen molar-refractivity contribution in [2.45, 2.75) is 13.2 Å². The topological polar surface area (TPSA) is 64.6 Å². The maximum absolute atomic E-state index is 5.79. The van der Waals surface area contributed by atoms with Gasteiger partial charge in [-0.05, 0) is 59.7 Å². The normalized spacial score (nSPS) is 10.7. The zero-order chi connectivity index (χ0) is 28.2. The predicted molar refractivity (Wildman–Crippen MR) is 158 cm³/mol. The van der Waals surface area contributed by atoms with Gasteiger partial charge in [0.1, 0.15) is 49.4 Å². The molecule has 0 aliphatic carbocycles. The third-order valence-electron chi connectivity index (χ3n) is 5.88. The summed E-state index contributed by atoms with van der Waals surface area (Å²) in [4.78, 5) is 0. The minimum Gasteiger partial charge on any atom is -0.491 e. The molecular weight excluding hydrogens is 520 g/mol. The van der Waals surface area contributed by atoms with E-state index in [2.05, 4.69) is 0 Å². The van der Waals surface area contributed by atoms with Crippen LogP contribution in [0.5, 0.6) is 23.0 Å². The maximum atomic E-state index is 5.79. The second-order valence-electron chi connectivity index (χ2n) is 9.03. The van der Waals surface area contributed by atoms with Crippen LogP contribution in [0.1, 0.15) is 11.1 Å². The molecule has 4 rings (SSSR count). The molecule has 0 amide bonds. The summed E-state index contributed by atoms with van der Waals surface area (Å²) in [6, 6.07) is 35.4. The molecule has 0 atom stereocenters. The molecule has 0 N–H and O–H groups in total. The quantitative estimate of drug-likeness (QED) is 0.117. The van der Waals surface area contributed by atoms with E-state index < -0.39 is 0 Å². The second kappa shape index (κ2) is 18.3. The molecule has 0 heterocycles. The van der Waals surface area contributed by atoms with E-state index in [9.17, 15) is 0 Å². The highest BCUT2D eigenvalue weighted by atomic mass is 16.6. The summed E-state index contributed by atoms with van der Waals surface area (Å²) in [5.41, 5.74) is 2.27. The molecule has 0 saturated heterocycles. The Bertz CT molecular complexity index is 1100. The van der Waals surface area contributed by atoms with Gasteiger partial charge < -0.3 is 33.2 Å². The number of hydrogen-bond acceptors (Lipinski definition) is 7. The Hall–Kier alpha value is -4.04. The Morgan fingerprint density at radius 1 is 0.293 bits per heavy atom. The van der Waals surface area contributed by atoms with Crippen LogP contribution in [0.4, 0.5) is 0 Å². The molecule has 0 fully saturated rings. The lowest BCUT2D eigenvalue weighted by molar-refractivity contribution is 0.00498. The van der Waals surface area contributed by atoms with Gasteiger partial charge in [0.15, 0.2) is 0 Å². The largest absolute Gasteiger partial charge is 0.491 e. The van der Waals surface area contributed by atoms with Crippen LogP contribution in [0.15, 0.2) is 109 Å². The fourth-order valence-corrected chi connectivity index (χ4v) is 3.72. The monoisotopic (exact) mass is 558 g/mol. The van der Waals surface area contributed by atoms with Gasteiger partial charge in [0, 0.05) is 0 Å². The van der Waals surface area contributed by atoms with Gasteiger partial charge in [0.2, 0.25) is 0 Å². The lowest BCUT2D eigenvalue weighted by atomic mass is 10.2. The Morgan fingerprint density at radius 2 is 0.585 bits per heavy atom. The van der Waals surface area contributed by atoms with Crippen LogP contribution < -0.4 is 18.9 Å². The maximum Gasteiger partial charge on any atom is 0.120 e. The van der Waals surface area contributed by atoms with Crippen LogP contribution in [0.25, 0.3) is 0 Å². The Kier molecular flexibility index (Phi) is 13.4. The minimum atomic E-state index is 0.469. The van der Waals surface area contributed by atoms with E-state index in [1.54, 1.807) is 0 Å². The van der Waals surface area contributed by atoms with Gasteiger partial charge in [-0.15, -0.1) is 0 Å². The van der Waals surface area contributed by atoms with Crippen molar-refractivity contribution in [3.63, 3.8) is 0 Å². The second-order valence-corrected chi connectivity index (χ2v) is 9.03. The van der Waals surface area contributed by atoms with Gasteiger partial charge >= 0.3 is 0 Å². The Labute approximate surface area is 242 Å². The molecule has 216 valence electrons. The summed E-state index contributed by atoms with van der Waals surface area (Å²) < 4.78 is 39.7. The highest BCUT2D eigenvalue weighted by Gasteiger charge is 2.00. The van der Waals surface area contributed by atoms with Crippen molar-refractivity contribution in [1.29, 1.82) is 0 Å². The van der Waals surface area contributed by atoms with Crippen molar-refractivity contribution < 1.29 is 33.2 Å². The third-order valence-corrected chi connectivity index (χ3v) is 5.88. The highest BCUT2D eigenvalue weighted by molar-refractivity contribution is 5.32. The number of rotatable bonds is 20. The van der Waals surface area contributed by atoms with E-state index in [-0.39, 0.29) is 0 Å². The van der Waals surface area contributed by atoms with Gasteiger partial charge in [0.25, 0.3) is 0 Å². The fraction of sp³-hybridized carbons (Fsp3) is 0.294. The molecule has 0 aliphatic heterocycles. The molecular formula is C34H38O7. The smallest absolute Gasteiger partial charge is 0.120 e. The van der Waals surface area contributed by atoms with Crippen LogP contribution in [0.2, 0.25) is 0 Å². The highest BCUT2D eigenvalue weighted by Crippen LogP contribution is 2.20. The lowest BCUT2D eigenvalue weighted by Gasteiger charge is -2.10. The van der Waals surface area contributed by atoms with Crippen molar-refractivity contribution in [3.05, 3.63) is 120 Å². The zero-order valence-electron chi connectivity index (χ0n) is 23.3. The van der Waals surface area contributed by atoms with Crippen molar-refractivity contribution in [2.75, 3.05) is 52.9 Å². The molecule has 0 aromatic heterocycles. The Balaban J connectivity index is 0.922. The lowest BCUT2D eigenvalue weighted by Crippen LogP contribution is -2.14. The summed E-state index contributed by atoms with van der Waals surface area (Å²) >= 11 is 0. The summed E-state index contributed by atoms with van der Waals surface area (Å²) in [6.45, 7) is 5.02. The van der Waals surface area contributed by atoms with Crippen LogP contribution in [0, 0.1) is 0 Å².